The zero-order valence-corrected chi connectivity index (χ0v) is 14.1. The van der Waals surface area contributed by atoms with E-state index in [1.165, 1.54) is 0 Å². The topological polar surface area (TPSA) is 61.4 Å². The van der Waals surface area contributed by atoms with E-state index in [9.17, 15) is 4.79 Å². The molecule has 122 valence electrons. The highest BCUT2D eigenvalue weighted by atomic mass is 16.1. The lowest BCUT2D eigenvalue weighted by Gasteiger charge is -2.32. The summed E-state index contributed by atoms with van der Waals surface area (Å²) in [5.74, 6) is 0.930. The van der Waals surface area contributed by atoms with Gasteiger partial charge in [-0.1, -0.05) is 0 Å². The van der Waals surface area contributed by atoms with Crippen LogP contribution in [0.4, 0.5) is 5.95 Å². The van der Waals surface area contributed by atoms with Crippen LogP contribution in [-0.2, 0) is 4.79 Å². The van der Waals surface area contributed by atoms with Gasteiger partial charge in [0, 0.05) is 37.6 Å². The van der Waals surface area contributed by atoms with Crippen LogP contribution in [-0.4, -0.2) is 61.0 Å². The van der Waals surface area contributed by atoms with Crippen molar-refractivity contribution in [3.05, 3.63) is 17.5 Å². The predicted molar refractivity (Wildman–Crippen MR) is 88.0 cm³/mol. The van der Waals surface area contributed by atoms with Crippen LogP contribution >= 0.6 is 0 Å². The van der Waals surface area contributed by atoms with E-state index in [0.717, 1.165) is 43.3 Å². The first-order valence-electron chi connectivity index (χ1n) is 7.95. The Kier molecular flexibility index (Phi) is 5.71. The Hall–Kier alpha value is -1.69. The van der Waals surface area contributed by atoms with Crippen LogP contribution in [0, 0.1) is 19.8 Å². The van der Waals surface area contributed by atoms with Gasteiger partial charge in [0.25, 0.3) is 0 Å². The van der Waals surface area contributed by atoms with Gasteiger partial charge in [0.05, 0.1) is 5.92 Å². The van der Waals surface area contributed by atoms with Crippen LogP contribution in [0.1, 0.15) is 24.2 Å². The minimum absolute atomic E-state index is 0.0281. The molecule has 0 aromatic carbocycles. The van der Waals surface area contributed by atoms with E-state index < -0.39 is 0 Å². The molecule has 1 atom stereocenters. The Balaban J connectivity index is 1.95. The van der Waals surface area contributed by atoms with Crippen LogP contribution in [0.25, 0.3) is 0 Å². The Labute approximate surface area is 132 Å². The standard InChI is InChI=1S/C16H27N5O/c1-12-10-13(2)19-16(18-12)21-8-5-6-14(11-21)15(22)17-7-9-20(3)4/h10,14H,5-9,11H2,1-4H3,(H,17,22)/t14-/m0/s1. The monoisotopic (exact) mass is 305 g/mol. The summed E-state index contributed by atoms with van der Waals surface area (Å²) >= 11 is 0. The first kappa shape index (κ1) is 16.7. The van der Waals surface area contributed by atoms with Crippen LogP contribution in [0.2, 0.25) is 0 Å². The minimum atomic E-state index is 0.0281. The molecule has 22 heavy (non-hydrogen) atoms. The van der Waals surface area contributed by atoms with Crippen molar-refractivity contribution in [3.8, 4) is 0 Å². The molecule has 1 aromatic heterocycles. The van der Waals surface area contributed by atoms with Crippen LogP contribution < -0.4 is 10.2 Å². The first-order chi connectivity index (χ1) is 10.5. The van der Waals surface area contributed by atoms with Crippen molar-refractivity contribution in [1.82, 2.24) is 20.2 Å². The van der Waals surface area contributed by atoms with E-state index >= 15 is 0 Å². The molecule has 1 aliphatic heterocycles. The van der Waals surface area contributed by atoms with Crippen molar-refractivity contribution in [2.75, 3.05) is 45.2 Å². The van der Waals surface area contributed by atoms with Gasteiger partial charge >= 0.3 is 0 Å². The summed E-state index contributed by atoms with van der Waals surface area (Å²) in [6, 6.07) is 1.97. The third-order valence-corrected chi connectivity index (χ3v) is 3.90. The number of likely N-dealkylation sites (N-methyl/N-ethyl adjacent to an activating group) is 1. The van der Waals surface area contributed by atoms with Crippen molar-refractivity contribution >= 4 is 11.9 Å². The molecule has 6 nitrogen and oxygen atoms in total. The quantitative estimate of drug-likeness (QED) is 0.879. The number of carbonyl (C=O) groups is 1. The van der Waals surface area contributed by atoms with Crippen molar-refractivity contribution in [3.63, 3.8) is 0 Å². The number of amides is 1. The van der Waals surface area contributed by atoms with Gasteiger partial charge in [-0.2, -0.15) is 0 Å². The molecular formula is C16H27N5O. The number of hydrogen-bond acceptors (Lipinski definition) is 5. The number of nitrogens with zero attached hydrogens (tertiary/aromatic N) is 4. The van der Waals surface area contributed by atoms with Crippen molar-refractivity contribution in [2.24, 2.45) is 5.92 Å². The highest BCUT2D eigenvalue weighted by molar-refractivity contribution is 5.79. The third kappa shape index (κ3) is 4.66. The molecule has 6 heteroatoms. The second kappa shape index (κ2) is 7.54. The number of anilines is 1. The summed E-state index contributed by atoms with van der Waals surface area (Å²) in [7, 11) is 4.01. The lowest BCUT2D eigenvalue weighted by Crippen LogP contribution is -2.45. The Morgan fingerprint density at radius 3 is 2.68 bits per heavy atom. The maximum atomic E-state index is 12.3. The maximum Gasteiger partial charge on any atom is 0.225 e. The Morgan fingerprint density at radius 2 is 2.05 bits per heavy atom. The molecule has 1 aliphatic rings. The van der Waals surface area contributed by atoms with Gasteiger partial charge in [-0.25, -0.2) is 9.97 Å². The highest BCUT2D eigenvalue weighted by Crippen LogP contribution is 2.21. The van der Waals surface area contributed by atoms with Crippen molar-refractivity contribution in [2.45, 2.75) is 26.7 Å². The molecule has 0 saturated carbocycles. The number of aromatic nitrogens is 2. The van der Waals surface area contributed by atoms with Crippen LogP contribution in [0.3, 0.4) is 0 Å². The lowest BCUT2D eigenvalue weighted by atomic mass is 9.97. The zero-order valence-electron chi connectivity index (χ0n) is 14.1. The molecule has 2 rings (SSSR count). The summed E-state index contributed by atoms with van der Waals surface area (Å²) in [6.45, 7) is 7.15. The highest BCUT2D eigenvalue weighted by Gasteiger charge is 2.27. The molecule has 0 bridgehead atoms. The number of piperidine rings is 1. The third-order valence-electron chi connectivity index (χ3n) is 3.90. The summed E-state index contributed by atoms with van der Waals surface area (Å²) in [4.78, 5) is 25.5. The maximum absolute atomic E-state index is 12.3. The fourth-order valence-electron chi connectivity index (χ4n) is 2.77. The number of aryl methyl sites for hydroxylation is 2. The molecule has 1 amide bonds. The summed E-state index contributed by atoms with van der Waals surface area (Å²) in [5.41, 5.74) is 1.94. The van der Waals surface area contributed by atoms with E-state index in [4.69, 9.17) is 0 Å². The second-order valence-corrected chi connectivity index (χ2v) is 6.33. The smallest absolute Gasteiger partial charge is 0.225 e. The molecule has 2 heterocycles. The Bertz CT molecular complexity index is 497. The van der Waals surface area contributed by atoms with E-state index in [1.807, 2.05) is 34.0 Å². The van der Waals surface area contributed by atoms with E-state index in [0.29, 0.717) is 13.1 Å². The molecule has 0 spiro atoms. The average molecular weight is 305 g/mol. The zero-order chi connectivity index (χ0) is 16.1. The van der Waals surface area contributed by atoms with Gasteiger partial charge in [-0.3, -0.25) is 4.79 Å². The van der Waals surface area contributed by atoms with Gasteiger partial charge in [0.1, 0.15) is 0 Å². The van der Waals surface area contributed by atoms with Crippen molar-refractivity contribution < 1.29 is 4.79 Å². The van der Waals surface area contributed by atoms with Gasteiger partial charge < -0.3 is 15.1 Å². The van der Waals surface area contributed by atoms with E-state index in [-0.39, 0.29) is 11.8 Å². The molecule has 0 radical (unpaired) electrons. The number of hydrogen-bond donors (Lipinski definition) is 1. The normalized spacial score (nSPS) is 18.6. The Morgan fingerprint density at radius 1 is 1.36 bits per heavy atom. The summed E-state index contributed by atoms with van der Waals surface area (Å²) in [6.07, 6.45) is 1.94. The number of rotatable bonds is 5. The first-order valence-corrected chi connectivity index (χ1v) is 7.95. The molecule has 1 fully saturated rings. The van der Waals surface area contributed by atoms with E-state index in [2.05, 4.69) is 25.1 Å². The summed E-state index contributed by atoms with van der Waals surface area (Å²) in [5, 5.41) is 3.03. The second-order valence-electron chi connectivity index (χ2n) is 6.33. The number of carbonyl (C=O) groups excluding carboxylic acids is 1. The summed E-state index contributed by atoms with van der Waals surface area (Å²) < 4.78 is 0. The molecule has 1 aromatic rings. The van der Waals surface area contributed by atoms with Crippen LogP contribution in [0.5, 0.6) is 0 Å². The van der Waals surface area contributed by atoms with Crippen LogP contribution in [0.15, 0.2) is 6.07 Å². The largest absolute Gasteiger partial charge is 0.355 e. The molecule has 0 unspecified atom stereocenters. The molecule has 1 saturated heterocycles. The molecule has 0 aliphatic carbocycles. The lowest BCUT2D eigenvalue weighted by molar-refractivity contribution is -0.125. The molecular weight excluding hydrogens is 278 g/mol. The minimum Gasteiger partial charge on any atom is -0.355 e. The van der Waals surface area contributed by atoms with E-state index in [1.54, 1.807) is 0 Å². The van der Waals surface area contributed by atoms with Gasteiger partial charge in [0.15, 0.2) is 0 Å². The fourth-order valence-corrected chi connectivity index (χ4v) is 2.77. The van der Waals surface area contributed by atoms with Gasteiger partial charge in [0.2, 0.25) is 11.9 Å². The fraction of sp³-hybridized carbons (Fsp3) is 0.688. The molecule has 1 N–H and O–H groups in total. The predicted octanol–water partition coefficient (Wildman–Crippen LogP) is 0.988. The average Bonchev–Trinajstić information content (AvgIpc) is 2.46. The number of nitrogens with one attached hydrogen (secondary N) is 1. The van der Waals surface area contributed by atoms with Gasteiger partial charge in [-0.15, -0.1) is 0 Å². The van der Waals surface area contributed by atoms with Gasteiger partial charge in [-0.05, 0) is 46.9 Å². The van der Waals surface area contributed by atoms with Crippen molar-refractivity contribution in [1.29, 1.82) is 0 Å². The SMILES string of the molecule is Cc1cc(C)nc(N2CCC[C@H](C(=O)NCCN(C)C)C2)n1.